The number of carbonyl (C=O) groups is 1. The maximum atomic E-state index is 12.6. The molecule has 0 fully saturated rings. The van der Waals surface area contributed by atoms with Crippen LogP contribution in [0.15, 0.2) is 91.1 Å². The Labute approximate surface area is 184 Å². The van der Waals surface area contributed by atoms with Crippen LogP contribution in [0.2, 0.25) is 0 Å². The molecule has 0 aliphatic carbocycles. The Hall–Kier alpha value is -4.52. The summed E-state index contributed by atoms with van der Waals surface area (Å²) in [5, 5.41) is 15.5. The number of non-ortho nitro benzene ring substituents is 1. The number of nitrogens with zero attached hydrogens (tertiary/aromatic N) is 3. The lowest BCUT2D eigenvalue weighted by atomic mass is 10.1. The molecular weight excluding hydrogens is 406 g/mol. The molecule has 32 heavy (non-hydrogen) atoms. The Bertz CT molecular complexity index is 1280. The van der Waals surface area contributed by atoms with Gasteiger partial charge in [0.1, 0.15) is 5.75 Å². The molecule has 0 bridgehead atoms. The predicted octanol–water partition coefficient (Wildman–Crippen LogP) is 5.35. The second-order valence-electron chi connectivity index (χ2n) is 6.94. The summed E-state index contributed by atoms with van der Waals surface area (Å²) >= 11 is 0. The van der Waals surface area contributed by atoms with E-state index in [0.717, 1.165) is 22.6 Å². The van der Waals surface area contributed by atoms with Crippen LogP contribution in [-0.4, -0.2) is 27.6 Å². The predicted molar refractivity (Wildman–Crippen MR) is 122 cm³/mol. The first kappa shape index (κ1) is 20.7. The van der Waals surface area contributed by atoms with E-state index in [0.29, 0.717) is 11.3 Å². The van der Waals surface area contributed by atoms with Gasteiger partial charge < -0.3 is 4.74 Å². The lowest BCUT2D eigenvalue weighted by molar-refractivity contribution is -0.384. The molecule has 1 aromatic heterocycles. The number of nitro groups is 1. The van der Waals surface area contributed by atoms with Crippen molar-refractivity contribution in [2.75, 3.05) is 7.11 Å². The van der Waals surface area contributed by atoms with Crippen molar-refractivity contribution in [1.29, 1.82) is 0 Å². The van der Waals surface area contributed by atoms with Crippen molar-refractivity contribution >= 4 is 17.5 Å². The number of rotatable bonds is 7. The van der Waals surface area contributed by atoms with Crippen LogP contribution in [0.3, 0.4) is 0 Å². The zero-order chi connectivity index (χ0) is 22.5. The molecule has 0 saturated heterocycles. The van der Waals surface area contributed by atoms with Crippen LogP contribution in [0.5, 0.6) is 5.75 Å². The van der Waals surface area contributed by atoms with Gasteiger partial charge in [-0.3, -0.25) is 14.9 Å². The highest BCUT2D eigenvalue weighted by molar-refractivity contribution is 6.07. The van der Waals surface area contributed by atoms with Gasteiger partial charge in [-0.05, 0) is 60.7 Å². The number of para-hydroxylation sites is 1. The molecule has 3 aromatic carbocycles. The van der Waals surface area contributed by atoms with Gasteiger partial charge in [0.25, 0.3) is 5.69 Å². The van der Waals surface area contributed by atoms with Crippen LogP contribution in [0.1, 0.15) is 15.9 Å². The highest BCUT2D eigenvalue weighted by Crippen LogP contribution is 2.27. The summed E-state index contributed by atoms with van der Waals surface area (Å²) in [6.07, 6.45) is 5.00. The minimum absolute atomic E-state index is 0.0588. The standard InChI is InChI=1S/C25H19N3O4/c1-32-23-14-9-19(10-15-23)25-20(17-27(26-25)21-5-3-2-4-6-21)11-16-24(29)18-7-12-22(13-8-18)28(30)31/h2-17H,1H3/b16-11+. The quantitative estimate of drug-likeness (QED) is 0.172. The summed E-state index contributed by atoms with van der Waals surface area (Å²) in [6, 6.07) is 22.7. The molecule has 0 saturated carbocycles. The largest absolute Gasteiger partial charge is 0.497 e. The summed E-state index contributed by atoms with van der Waals surface area (Å²) in [5.74, 6) is 0.481. The van der Waals surface area contributed by atoms with Gasteiger partial charge in [-0.1, -0.05) is 18.2 Å². The molecule has 0 amide bonds. The normalized spacial score (nSPS) is 10.9. The summed E-state index contributed by atoms with van der Waals surface area (Å²) in [6.45, 7) is 0. The Kier molecular flexibility index (Phi) is 5.89. The SMILES string of the molecule is COc1ccc(-c2nn(-c3ccccc3)cc2/C=C/C(=O)c2ccc([N+](=O)[O-])cc2)cc1. The van der Waals surface area contributed by atoms with Crippen molar-refractivity contribution in [3.63, 3.8) is 0 Å². The highest BCUT2D eigenvalue weighted by atomic mass is 16.6. The van der Waals surface area contributed by atoms with Crippen molar-refractivity contribution in [3.8, 4) is 22.7 Å². The van der Waals surface area contributed by atoms with Gasteiger partial charge in [0.2, 0.25) is 0 Å². The Balaban J connectivity index is 1.68. The van der Waals surface area contributed by atoms with E-state index in [1.807, 2.05) is 60.8 Å². The van der Waals surface area contributed by atoms with Gasteiger partial charge in [0.05, 0.1) is 23.4 Å². The fourth-order valence-electron chi connectivity index (χ4n) is 3.20. The lowest BCUT2D eigenvalue weighted by Gasteiger charge is -2.02. The third-order valence-corrected chi connectivity index (χ3v) is 4.90. The number of benzene rings is 3. The van der Waals surface area contributed by atoms with Crippen LogP contribution in [-0.2, 0) is 0 Å². The van der Waals surface area contributed by atoms with E-state index < -0.39 is 4.92 Å². The van der Waals surface area contributed by atoms with E-state index in [1.165, 1.54) is 30.3 Å². The van der Waals surface area contributed by atoms with Crippen LogP contribution < -0.4 is 4.74 Å². The van der Waals surface area contributed by atoms with E-state index in [9.17, 15) is 14.9 Å². The maximum Gasteiger partial charge on any atom is 0.269 e. The summed E-state index contributed by atoms with van der Waals surface area (Å²) in [4.78, 5) is 22.9. The molecule has 0 spiro atoms. The average molecular weight is 425 g/mol. The van der Waals surface area contributed by atoms with E-state index >= 15 is 0 Å². The summed E-state index contributed by atoms with van der Waals surface area (Å²) in [5.41, 5.74) is 3.55. The lowest BCUT2D eigenvalue weighted by Crippen LogP contribution is -1.95. The number of aromatic nitrogens is 2. The zero-order valence-electron chi connectivity index (χ0n) is 17.2. The molecule has 0 aliphatic rings. The number of carbonyl (C=O) groups excluding carboxylic acids is 1. The van der Waals surface area contributed by atoms with Crippen molar-refractivity contribution in [1.82, 2.24) is 9.78 Å². The molecule has 0 atom stereocenters. The Morgan fingerprint density at radius 2 is 1.69 bits per heavy atom. The van der Waals surface area contributed by atoms with E-state index in [2.05, 4.69) is 0 Å². The van der Waals surface area contributed by atoms with Crippen LogP contribution in [0.4, 0.5) is 5.69 Å². The minimum Gasteiger partial charge on any atom is -0.497 e. The van der Waals surface area contributed by atoms with Crippen molar-refractivity contribution < 1.29 is 14.5 Å². The first-order chi connectivity index (χ1) is 15.5. The molecule has 0 unspecified atom stereocenters. The second-order valence-corrected chi connectivity index (χ2v) is 6.94. The smallest absolute Gasteiger partial charge is 0.269 e. The zero-order valence-corrected chi connectivity index (χ0v) is 17.2. The molecule has 0 N–H and O–H groups in total. The monoisotopic (exact) mass is 425 g/mol. The van der Waals surface area contributed by atoms with Crippen LogP contribution in [0, 0.1) is 10.1 Å². The molecule has 4 rings (SSSR count). The maximum absolute atomic E-state index is 12.6. The van der Waals surface area contributed by atoms with Gasteiger partial charge >= 0.3 is 0 Å². The molecule has 4 aromatic rings. The fraction of sp³-hybridized carbons (Fsp3) is 0.0400. The topological polar surface area (TPSA) is 87.3 Å². The Morgan fingerprint density at radius 1 is 1.00 bits per heavy atom. The summed E-state index contributed by atoms with van der Waals surface area (Å²) < 4.78 is 6.99. The van der Waals surface area contributed by atoms with Gasteiger partial charge in [-0.15, -0.1) is 0 Å². The van der Waals surface area contributed by atoms with Gasteiger partial charge in [0, 0.05) is 35.0 Å². The summed E-state index contributed by atoms with van der Waals surface area (Å²) in [7, 11) is 1.61. The number of methoxy groups -OCH3 is 1. The van der Waals surface area contributed by atoms with Gasteiger partial charge in [-0.2, -0.15) is 5.10 Å². The third kappa shape index (κ3) is 4.46. The molecule has 0 aliphatic heterocycles. The molecule has 0 radical (unpaired) electrons. The first-order valence-corrected chi connectivity index (χ1v) is 9.81. The van der Waals surface area contributed by atoms with E-state index in [1.54, 1.807) is 17.9 Å². The number of nitro benzene ring substituents is 1. The number of hydrogen-bond acceptors (Lipinski definition) is 5. The van der Waals surface area contributed by atoms with Crippen molar-refractivity contribution in [3.05, 3.63) is 112 Å². The Morgan fingerprint density at radius 3 is 2.31 bits per heavy atom. The highest BCUT2D eigenvalue weighted by Gasteiger charge is 2.12. The van der Waals surface area contributed by atoms with E-state index in [4.69, 9.17) is 9.84 Å². The van der Waals surface area contributed by atoms with Gasteiger partial charge in [-0.25, -0.2) is 4.68 Å². The average Bonchev–Trinajstić information content (AvgIpc) is 3.27. The second kappa shape index (κ2) is 9.09. The van der Waals surface area contributed by atoms with E-state index in [-0.39, 0.29) is 11.5 Å². The molecule has 7 heteroatoms. The molecule has 158 valence electrons. The number of ether oxygens (including phenoxy) is 1. The number of hydrogen-bond donors (Lipinski definition) is 0. The van der Waals surface area contributed by atoms with Crippen LogP contribution >= 0.6 is 0 Å². The van der Waals surface area contributed by atoms with Crippen molar-refractivity contribution in [2.45, 2.75) is 0 Å². The van der Waals surface area contributed by atoms with Gasteiger partial charge in [0.15, 0.2) is 5.78 Å². The number of allylic oxidation sites excluding steroid dienone is 1. The molecule has 1 heterocycles. The molecular formula is C25H19N3O4. The number of ketones is 1. The first-order valence-electron chi connectivity index (χ1n) is 9.81. The third-order valence-electron chi connectivity index (χ3n) is 4.90. The van der Waals surface area contributed by atoms with Crippen molar-refractivity contribution in [2.24, 2.45) is 0 Å². The van der Waals surface area contributed by atoms with Crippen LogP contribution in [0.25, 0.3) is 23.0 Å². The fourth-order valence-corrected chi connectivity index (χ4v) is 3.20. The molecule has 7 nitrogen and oxygen atoms in total. The minimum atomic E-state index is -0.497.